The fourth-order valence-electron chi connectivity index (χ4n) is 2.32. The first kappa shape index (κ1) is 16.5. The van der Waals surface area contributed by atoms with Gasteiger partial charge in [0.25, 0.3) is 5.88 Å². The summed E-state index contributed by atoms with van der Waals surface area (Å²) in [7, 11) is 0. The molecule has 0 bridgehead atoms. The van der Waals surface area contributed by atoms with Crippen LogP contribution < -0.4 is 10.5 Å². The number of nitrogens with two attached hydrogens (primary N) is 1. The Morgan fingerprint density at radius 3 is 2.52 bits per heavy atom. The molecule has 2 N–H and O–H groups in total. The molecule has 7 heteroatoms. The van der Waals surface area contributed by atoms with Crippen LogP contribution in [0.2, 0.25) is 0 Å². The lowest BCUT2D eigenvalue weighted by atomic mass is 10.2. The van der Waals surface area contributed by atoms with Gasteiger partial charge in [0.1, 0.15) is 30.1 Å². The minimum atomic E-state index is -0.364. The van der Waals surface area contributed by atoms with Crippen LogP contribution in [-0.2, 0) is 13.2 Å². The number of hydrogen-bond acceptors (Lipinski definition) is 4. The lowest BCUT2D eigenvalue weighted by Gasteiger charge is -2.04. The van der Waals surface area contributed by atoms with Crippen LogP contribution in [-0.4, -0.2) is 9.78 Å². The monoisotopic (exact) mass is 340 g/mol. The summed E-state index contributed by atoms with van der Waals surface area (Å²) >= 11 is 0. The van der Waals surface area contributed by atoms with Crippen molar-refractivity contribution in [1.29, 1.82) is 5.26 Å². The Bertz CT molecular complexity index is 929. The highest BCUT2D eigenvalue weighted by Crippen LogP contribution is 2.24. The van der Waals surface area contributed by atoms with E-state index in [2.05, 4.69) is 5.10 Å². The number of benzene rings is 2. The molecular weight excluding hydrogens is 326 g/mol. The minimum Gasteiger partial charge on any atom is -0.471 e. The van der Waals surface area contributed by atoms with E-state index in [9.17, 15) is 14.0 Å². The van der Waals surface area contributed by atoms with Crippen molar-refractivity contribution in [3.05, 3.63) is 76.9 Å². The van der Waals surface area contributed by atoms with Crippen molar-refractivity contribution in [2.24, 2.45) is 0 Å². The van der Waals surface area contributed by atoms with Crippen molar-refractivity contribution < 1.29 is 13.5 Å². The number of nitriles is 1. The predicted molar refractivity (Wildman–Crippen MR) is 87.6 cm³/mol. The van der Waals surface area contributed by atoms with Crippen LogP contribution in [0, 0.1) is 23.0 Å². The number of hydrogen-bond donors (Lipinski definition) is 1. The van der Waals surface area contributed by atoms with E-state index < -0.39 is 0 Å². The maximum absolute atomic E-state index is 13.3. The molecule has 0 fully saturated rings. The highest BCUT2D eigenvalue weighted by molar-refractivity contribution is 5.55. The first-order chi connectivity index (χ1) is 12.1. The molecule has 0 radical (unpaired) electrons. The zero-order valence-electron chi connectivity index (χ0n) is 13.1. The molecule has 0 amide bonds. The summed E-state index contributed by atoms with van der Waals surface area (Å²) in [6, 6.07) is 13.8. The van der Waals surface area contributed by atoms with Gasteiger partial charge >= 0.3 is 0 Å². The maximum Gasteiger partial charge on any atom is 0.253 e. The Labute approximate surface area is 142 Å². The average molecular weight is 340 g/mol. The van der Waals surface area contributed by atoms with Gasteiger partial charge in [-0.15, -0.1) is 5.10 Å². The molecular formula is C18H14F2N4O. The molecule has 3 rings (SSSR count). The van der Waals surface area contributed by atoms with E-state index in [0.717, 1.165) is 5.56 Å². The lowest BCUT2D eigenvalue weighted by Crippen LogP contribution is -2.06. The van der Waals surface area contributed by atoms with Gasteiger partial charge in [-0.05, 0) is 35.4 Å². The molecule has 0 aliphatic heterocycles. The summed E-state index contributed by atoms with van der Waals surface area (Å²) in [5.41, 5.74) is 7.44. The zero-order chi connectivity index (χ0) is 17.8. The third kappa shape index (κ3) is 3.75. The summed E-state index contributed by atoms with van der Waals surface area (Å²) < 4.78 is 33.1. The van der Waals surface area contributed by atoms with E-state index in [1.54, 1.807) is 24.3 Å². The fourth-order valence-corrected chi connectivity index (χ4v) is 2.32. The number of aromatic nitrogens is 2. The first-order valence-corrected chi connectivity index (χ1v) is 7.45. The number of nitrogens with zero attached hydrogens (tertiary/aromatic N) is 3. The molecule has 1 aromatic heterocycles. The lowest BCUT2D eigenvalue weighted by molar-refractivity contribution is 0.289. The van der Waals surface area contributed by atoms with Gasteiger partial charge in [0.15, 0.2) is 5.56 Å². The fraction of sp³-hybridized carbons (Fsp3) is 0.111. The third-order valence-corrected chi connectivity index (χ3v) is 3.58. The van der Waals surface area contributed by atoms with Crippen LogP contribution >= 0.6 is 0 Å². The van der Waals surface area contributed by atoms with Crippen LogP contribution in [0.4, 0.5) is 14.6 Å². The molecule has 0 aliphatic rings. The normalized spacial score (nSPS) is 10.4. The first-order valence-electron chi connectivity index (χ1n) is 7.45. The summed E-state index contributed by atoms with van der Waals surface area (Å²) in [6.45, 7) is 0.323. The van der Waals surface area contributed by atoms with Crippen molar-refractivity contribution in [3.8, 4) is 11.9 Å². The predicted octanol–water partition coefficient (Wildman–Crippen LogP) is 3.24. The topological polar surface area (TPSA) is 76.9 Å². The molecule has 1 heterocycles. The van der Waals surface area contributed by atoms with Gasteiger partial charge in [0.05, 0.1) is 6.54 Å². The standard InChI is InChI=1S/C18H14F2N4O/c19-14-6-4-12(5-7-14)11-25-18-16(9-21)17(22)24(23-18)10-13-2-1-3-15(20)8-13/h1-8H,10-11,22H2. The van der Waals surface area contributed by atoms with Crippen LogP contribution in [0.25, 0.3) is 0 Å². The van der Waals surface area contributed by atoms with Crippen molar-refractivity contribution >= 4 is 5.82 Å². The molecule has 0 aliphatic carbocycles. The van der Waals surface area contributed by atoms with Crippen molar-refractivity contribution in [1.82, 2.24) is 9.78 Å². The number of halogens is 2. The van der Waals surface area contributed by atoms with Crippen molar-refractivity contribution in [2.45, 2.75) is 13.2 Å². The molecule has 0 saturated heterocycles. The van der Waals surface area contributed by atoms with E-state index in [4.69, 9.17) is 10.5 Å². The number of anilines is 1. The molecule has 3 aromatic rings. The minimum absolute atomic E-state index is 0.0840. The Kier molecular flexibility index (Phi) is 4.61. The van der Waals surface area contributed by atoms with E-state index in [0.29, 0.717) is 5.56 Å². The Morgan fingerprint density at radius 1 is 1.08 bits per heavy atom. The van der Waals surface area contributed by atoms with Crippen LogP contribution in [0.1, 0.15) is 16.7 Å². The van der Waals surface area contributed by atoms with Gasteiger partial charge in [-0.2, -0.15) is 5.26 Å². The Morgan fingerprint density at radius 2 is 1.84 bits per heavy atom. The second-order valence-electron chi connectivity index (χ2n) is 5.38. The molecule has 25 heavy (non-hydrogen) atoms. The van der Waals surface area contributed by atoms with Gasteiger partial charge in [-0.1, -0.05) is 24.3 Å². The smallest absolute Gasteiger partial charge is 0.253 e. The van der Waals surface area contributed by atoms with Gasteiger partial charge in [0, 0.05) is 0 Å². The quantitative estimate of drug-likeness (QED) is 0.773. The van der Waals surface area contributed by atoms with Crippen LogP contribution in [0.5, 0.6) is 5.88 Å². The number of rotatable bonds is 5. The second kappa shape index (κ2) is 7.01. The largest absolute Gasteiger partial charge is 0.471 e. The number of ether oxygens (including phenoxy) is 1. The summed E-state index contributed by atoms with van der Waals surface area (Å²) in [6.07, 6.45) is 0. The van der Waals surface area contributed by atoms with Gasteiger partial charge in [-0.3, -0.25) is 0 Å². The molecule has 0 atom stereocenters. The maximum atomic E-state index is 13.3. The van der Waals surface area contributed by atoms with Crippen LogP contribution in [0.15, 0.2) is 48.5 Å². The number of nitrogen functional groups attached to an aromatic ring is 1. The zero-order valence-corrected chi connectivity index (χ0v) is 13.1. The summed E-state index contributed by atoms with van der Waals surface area (Å²) in [5, 5.41) is 13.5. The third-order valence-electron chi connectivity index (χ3n) is 3.58. The average Bonchev–Trinajstić information content (AvgIpc) is 2.89. The molecule has 0 spiro atoms. The van der Waals surface area contributed by atoms with Gasteiger partial charge in [-0.25, -0.2) is 13.5 Å². The van der Waals surface area contributed by atoms with Crippen LogP contribution in [0.3, 0.4) is 0 Å². The Hall–Kier alpha value is -3.40. The molecule has 126 valence electrons. The summed E-state index contributed by atoms with van der Waals surface area (Å²) in [4.78, 5) is 0. The van der Waals surface area contributed by atoms with E-state index in [1.807, 2.05) is 6.07 Å². The molecule has 0 saturated carbocycles. The van der Waals surface area contributed by atoms with Gasteiger partial charge in [0.2, 0.25) is 0 Å². The van der Waals surface area contributed by atoms with Crippen molar-refractivity contribution in [2.75, 3.05) is 5.73 Å². The van der Waals surface area contributed by atoms with Gasteiger partial charge < -0.3 is 10.5 Å². The molecule has 2 aromatic carbocycles. The molecule has 5 nitrogen and oxygen atoms in total. The van der Waals surface area contributed by atoms with Crippen molar-refractivity contribution in [3.63, 3.8) is 0 Å². The highest BCUT2D eigenvalue weighted by atomic mass is 19.1. The highest BCUT2D eigenvalue weighted by Gasteiger charge is 2.17. The van der Waals surface area contributed by atoms with E-state index >= 15 is 0 Å². The summed E-state index contributed by atoms with van der Waals surface area (Å²) in [5.74, 6) is -0.483. The van der Waals surface area contributed by atoms with E-state index in [-0.39, 0.29) is 42.0 Å². The Balaban J connectivity index is 1.80. The molecule has 0 unspecified atom stereocenters. The van der Waals surface area contributed by atoms with E-state index in [1.165, 1.54) is 28.9 Å². The second-order valence-corrected chi connectivity index (χ2v) is 5.38. The SMILES string of the molecule is N#Cc1c(OCc2ccc(F)cc2)nn(Cc2cccc(F)c2)c1N.